The highest BCUT2D eigenvalue weighted by Crippen LogP contribution is 2.35. The normalized spacial score (nSPS) is 30.8. The summed E-state index contributed by atoms with van der Waals surface area (Å²) < 4.78 is 5.00. The molecular weight excluding hydrogens is 230 g/mol. The highest BCUT2D eigenvalue weighted by molar-refractivity contribution is 5.95. The molecule has 98 valence electrons. The maximum atomic E-state index is 12.5. The molecule has 0 spiro atoms. The minimum Gasteiger partial charge on any atom is -0.361 e. The van der Waals surface area contributed by atoms with E-state index in [2.05, 4.69) is 17.4 Å². The predicted octanol–water partition coefficient (Wildman–Crippen LogP) is 1.05. The lowest BCUT2D eigenvalue weighted by Gasteiger charge is -2.26. The Morgan fingerprint density at radius 3 is 3.11 bits per heavy atom. The number of nitrogens with one attached hydrogen (secondary N) is 1. The summed E-state index contributed by atoms with van der Waals surface area (Å²) in [5.41, 5.74) is 0.612. The van der Waals surface area contributed by atoms with Crippen LogP contribution >= 0.6 is 0 Å². The van der Waals surface area contributed by atoms with Gasteiger partial charge in [-0.25, -0.2) is 0 Å². The molecule has 1 N–H and O–H groups in total. The molecule has 0 radical (unpaired) electrons. The molecule has 3 atom stereocenters. The summed E-state index contributed by atoms with van der Waals surface area (Å²) in [6.45, 7) is 6.88. The number of rotatable bonds is 2. The van der Waals surface area contributed by atoms with Crippen LogP contribution in [0.3, 0.4) is 0 Å². The van der Waals surface area contributed by atoms with E-state index in [4.69, 9.17) is 4.52 Å². The van der Waals surface area contributed by atoms with Crippen LogP contribution in [0.2, 0.25) is 0 Å². The largest absolute Gasteiger partial charge is 0.361 e. The second-order valence-electron chi connectivity index (χ2n) is 5.31. The van der Waals surface area contributed by atoms with Crippen LogP contribution in [0.25, 0.3) is 0 Å². The van der Waals surface area contributed by atoms with Gasteiger partial charge in [-0.2, -0.15) is 0 Å². The van der Waals surface area contributed by atoms with E-state index < -0.39 is 0 Å². The number of fused-ring (bicyclic) bond motifs is 1. The van der Waals surface area contributed by atoms with Crippen LogP contribution in [0.15, 0.2) is 10.7 Å². The molecule has 1 aromatic rings. The highest BCUT2D eigenvalue weighted by atomic mass is 16.5. The second kappa shape index (κ2) is 4.39. The Morgan fingerprint density at radius 2 is 2.44 bits per heavy atom. The molecule has 0 aliphatic carbocycles. The summed E-state index contributed by atoms with van der Waals surface area (Å²) in [4.78, 5) is 14.6. The van der Waals surface area contributed by atoms with Crippen molar-refractivity contribution in [3.8, 4) is 0 Å². The lowest BCUT2D eigenvalue weighted by atomic mass is 9.93. The van der Waals surface area contributed by atoms with Crippen LogP contribution in [0, 0.1) is 18.8 Å². The molecule has 2 fully saturated rings. The maximum Gasteiger partial charge on any atom is 0.259 e. The number of hydrogen-bond acceptors (Lipinski definition) is 4. The molecule has 1 aromatic heterocycles. The van der Waals surface area contributed by atoms with Crippen molar-refractivity contribution in [2.75, 3.05) is 19.6 Å². The fraction of sp³-hybridized carbons (Fsp3) is 0.692. The monoisotopic (exact) mass is 249 g/mol. The number of amides is 1. The Kier molecular flexibility index (Phi) is 2.86. The fourth-order valence-corrected chi connectivity index (χ4v) is 3.44. The number of carbonyl (C=O) groups is 1. The van der Waals surface area contributed by atoms with E-state index in [-0.39, 0.29) is 5.91 Å². The predicted molar refractivity (Wildman–Crippen MR) is 66.2 cm³/mol. The summed E-state index contributed by atoms with van der Waals surface area (Å²) in [7, 11) is 0. The van der Waals surface area contributed by atoms with Gasteiger partial charge in [0.1, 0.15) is 11.3 Å². The number of nitrogens with zero attached hydrogens (tertiary/aromatic N) is 2. The van der Waals surface area contributed by atoms with E-state index in [0.29, 0.717) is 29.2 Å². The molecular formula is C13H19N3O2. The molecule has 3 unspecified atom stereocenters. The molecule has 3 heterocycles. The van der Waals surface area contributed by atoms with Crippen molar-refractivity contribution in [1.82, 2.24) is 15.4 Å². The molecule has 5 nitrogen and oxygen atoms in total. The zero-order chi connectivity index (χ0) is 12.7. The number of carbonyl (C=O) groups excluding carboxylic acids is 1. The third kappa shape index (κ3) is 1.65. The molecule has 1 amide bonds. The number of hydrogen-bond donors (Lipinski definition) is 1. The van der Waals surface area contributed by atoms with E-state index in [0.717, 1.165) is 26.1 Å². The van der Waals surface area contributed by atoms with Crippen LogP contribution < -0.4 is 5.32 Å². The Labute approximate surface area is 107 Å². The minimum atomic E-state index is 0.0787. The van der Waals surface area contributed by atoms with Crippen molar-refractivity contribution in [3.63, 3.8) is 0 Å². The van der Waals surface area contributed by atoms with E-state index in [1.807, 2.05) is 4.90 Å². The number of aromatic nitrogens is 1. The van der Waals surface area contributed by atoms with Crippen molar-refractivity contribution in [2.45, 2.75) is 26.3 Å². The smallest absolute Gasteiger partial charge is 0.259 e. The molecule has 2 saturated heterocycles. The summed E-state index contributed by atoms with van der Waals surface area (Å²) in [6.07, 6.45) is 2.55. The van der Waals surface area contributed by atoms with Crippen molar-refractivity contribution >= 4 is 5.91 Å². The summed E-state index contributed by atoms with van der Waals surface area (Å²) >= 11 is 0. The lowest BCUT2D eigenvalue weighted by molar-refractivity contribution is 0.0710. The number of aryl methyl sites for hydroxylation is 1. The minimum absolute atomic E-state index is 0.0787. The summed E-state index contributed by atoms with van der Waals surface area (Å²) in [6, 6.07) is 0.354. The van der Waals surface area contributed by atoms with E-state index >= 15 is 0 Å². The molecule has 18 heavy (non-hydrogen) atoms. The van der Waals surface area contributed by atoms with Gasteiger partial charge >= 0.3 is 0 Å². The zero-order valence-corrected chi connectivity index (χ0v) is 10.8. The van der Waals surface area contributed by atoms with Gasteiger partial charge in [-0.1, -0.05) is 12.1 Å². The van der Waals surface area contributed by atoms with Gasteiger partial charge in [0.15, 0.2) is 0 Å². The highest BCUT2D eigenvalue weighted by Gasteiger charge is 2.45. The van der Waals surface area contributed by atoms with Gasteiger partial charge in [0.05, 0.1) is 6.20 Å². The van der Waals surface area contributed by atoms with Crippen molar-refractivity contribution < 1.29 is 9.32 Å². The van der Waals surface area contributed by atoms with Gasteiger partial charge < -0.3 is 14.7 Å². The third-order valence-electron chi connectivity index (χ3n) is 4.38. The first-order valence-electron chi connectivity index (χ1n) is 6.65. The average Bonchev–Trinajstić information content (AvgIpc) is 3.01. The first-order valence-corrected chi connectivity index (χ1v) is 6.65. The van der Waals surface area contributed by atoms with Crippen molar-refractivity contribution in [1.29, 1.82) is 0 Å². The van der Waals surface area contributed by atoms with Crippen LogP contribution in [0.5, 0.6) is 0 Å². The third-order valence-corrected chi connectivity index (χ3v) is 4.38. The van der Waals surface area contributed by atoms with Crippen LogP contribution in [-0.4, -0.2) is 41.6 Å². The standard InChI is InChI=1S/C13H19N3O2/c1-3-12-11-5-14-4-9(11)7-16(12)13(17)10-6-15-18-8(10)2/h6,9,11-12,14H,3-5,7H2,1-2H3. The Morgan fingerprint density at radius 1 is 1.61 bits per heavy atom. The van der Waals surface area contributed by atoms with Crippen molar-refractivity contribution in [3.05, 3.63) is 17.5 Å². The average molecular weight is 249 g/mol. The van der Waals surface area contributed by atoms with Gasteiger partial charge in [0, 0.05) is 25.7 Å². The van der Waals surface area contributed by atoms with Gasteiger partial charge in [-0.15, -0.1) is 0 Å². The topological polar surface area (TPSA) is 58.4 Å². The fourth-order valence-electron chi connectivity index (χ4n) is 3.44. The quantitative estimate of drug-likeness (QED) is 0.851. The van der Waals surface area contributed by atoms with E-state index in [1.54, 1.807) is 6.92 Å². The summed E-state index contributed by atoms with van der Waals surface area (Å²) in [5.74, 6) is 1.92. The Hall–Kier alpha value is -1.36. The molecule has 2 aliphatic rings. The van der Waals surface area contributed by atoms with E-state index in [9.17, 15) is 4.79 Å². The van der Waals surface area contributed by atoms with Crippen LogP contribution in [0.1, 0.15) is 29.5 Å². The molecule has 3 rings (SSSR count). The molecule has 2 aliphatic heterocycles. The van der Waals surface area contributed by atoms with Gasteiger partial charge in [0.25, 0.3) is 5.91 Å². The van der Waals surface area contributed by atoms with E-state index in [1.165, 1.54) is 6.20 Å². The van der Waals surface area contributed by atoms with Gasteiger partial charge in [-0.05, 0) is 25.2 Å². The van der Waals surface area contributed by atoms with Crippen LogP contribution in [-0.2, 0) is 0 Å². The molecule has 0 saturated carbocycles. The first kappa shape index (κ1) is 11.7. The van der Waals surface area contributed by atoms with Crippen molar-refractivity contribution in [2.24, 2.45) is 11.8 Å². The van der Waals surface area contributed by atoms with Gasteiger partial charge in [0.2, 0.25) is 0 Å². The zero-order valence-electron chi connectivity index (χ0n) is 10.8. The SMILES string of the molecule is CCC1C2CNCC2CN1C(=O)c1cnoc1C. The molecule has 5 heteroatoms. The second-order valence-corrected chi connectivity index (χ2v) is 5.31. The maximum absolute atomic E-state index is 12.5. The van der Waals surface area contributed by atoms with Gasteiger partial charge in [-0.3, -0.25) is 4.79 Å². The molecule has 0 aromatic carbocycles. The lowest BCUT2D eigenvalue weighted by Crippen LogP contribution is -2.39. The van der Waals surface area contributed by atoms with Crippen LogP contribution in [0.4, 0.5) is 0 Å². The molecule has 0 bridgehead atoms. The Balaban J connectivity index is 1.84. The first-order chi connectivity index (χ1) is 8.72. The summed E-state index contributed by atoms with van der Waals surface area (Å²) in [5, 5.41) is 7.13. The Bertz CT molecular complexity index is 457. The number of likely N-dealkylation sites (tertiary alicyclic amines) is 1.